The maximum Gasteiger partial charge on any atom is 0.407 e. The van der Waals surface area contributed by atoms with E-state index in [2.05, 4.69) is 10.6 Å². The Bertz CT molecular complexity index is 524. The normalized spacial score (nSPS) is 11.0. The molecule has 1 rings (SSSR count). The van der Waals surface area contributed by atoms with E-state index in [9.17, 15) is 9.59 Å². The lowest BCUT2D eigenvalue weighted by molar-refractivity contribution is -0.121. The minimum absolute atomic E-state index is 0.131. The molecule has 0 spiro atoms. The highest BCUT2D eigenvalue weighted by Gasteiger charge is 2.15. The molecular weight excluding hydrogens is 296 g/mol. The molecule has 0 saturated heterocycles. The molecule has 23 heavy (non-hydrogen) atoms. The van der Waals surface area contributed by atoms with Gasteiger partial charge < -0.3 is 20.1 Å². The second-order valence-electron chi connectivity index (χ2n) is 6.16. The van der Waals surface area contributed by atoms with E-state index in [1.54, 1.807) is 27.9 Å². The van der Waals surface area contributed by atoms with Crippen LogP contribution in [0, 0.1) is 0 Å². The fraction of sp³-hybridized carbons (Fsp3) is 0.529. The number of hydrogen-bond acceptors (Lipinski definition) is 4. The quantitative estimate of drug-likeness (QED) is 0.808. The number of rotatable bonds is 7. The van der Waals surface area contributed by atoms with Gasteiger partial charge in [-0.15, -0.1) is 0 Å². The number of alkyl carbamates (subject to hydrolysis) is 1. The zero-order valence-electron chi connectivity index (χ0n) is 14.3. The number of nitrogens with one attached hydrogen (secondary N) is 2. The Labute approximate surface area is 137 Å². The lowest BCUT2D eigenvalue weighted by atomic mass is 10.1. The minimum Gasteiger partial charge on any atom is -0.444 e. The van der Waals surface area contributed by atoms with Crippen LogP contribution < -0.4 is 10.6 Å². The number of benzene rings is 1. The first-order chi connectivity index (χ1) is 10.8. The molecule has 0 fully saturated rings. The molecule has 0 heterocycles. The summed E-state index contributed by atoms with van der Waals surface area (Å²) in [4.78, 5) is 23.3. The minimum atomic E-state index is -0.544. The molecule has 0 radical (unpaired) electrons. The first-order valence-electron chi connectivity index (χ1n) is 7.61. The third-order valence-electron chi connectivity index (χ3n) is 2.91. The third kappa shape index (κ3) is 8.21. The second kappa shape index (κ2) is 9.15. The summed E-state index contributed by atoms with van der Waals surface area (Å²) in [5, 5.41) is 5.39. The molecule has 2 amide bonds. The summed E-state index contributed by atoms with van der Waals surface area (Å²) >= 11 is 0. The molecule has 1 aromatic carbocycles. The molecule has 1 aromatic rings. The van der Waals surface area contributed by atoms with Crippen LogP contribution in [-0.4, -0.2) is 31.3 Å². The molecule has 0 aliphatic carbocycles. The van der Waals surface area contributed by atoms with Crippen molar-refractivity contribution in [3.05, 3.63) is 35.4 Å². The Morgan fingerprint density at radius 3 is 2.35 bits per heavy atom. The van der Waals surface area contributed by atoms with Gasteiger partial charge in [0.15, 0.2) is 0 Å². The van der Waals surface area contributed by atoms with Gasteiger partial charge in [0.05, 0.1) is 6.61 Å². The van der Waals surface area contributed by atoms with Crippen molar-refractivity contribution in [1.29, 1.82) is 0 Å². The summed E-state index contributed by atoms with van der Waals surface area (Å²) in [6.07, 6.45) is -0.318. The Hall–Kier alpha value is -2.08. The van der Waals surface area contributed by atoms with Gasteiger partial charge in [-0.3, -0.25) is 4.79 Å². The maximum absolute atomic E-state index is 11.8. The average molecular weight is 322 g/mol. The first-order valence-corrected chi connectivity index (χ1v) is 7.61. The van der Waals surface area contributed by atoms with E-state index in [0.717, 1.165) is 11.1 Å². The van der Waals surface area contributed by atoms with Crippen LogP contribution in [0.2, 0.25) is 0 Å². The van der Waals surface area contributed by atoms with Crippen molar-refractivity contribution in [1.82, 2.24) is 10.6 Å². The van der Waals surface area contributed by atoms with Crippen molar-refractivity contribution in [2.75, 3.05) is 13.7 Å². The highest BCUT2D eigenvalue weighted by Crippen LogP contribution is 2.09. The molecular formula is C17H26N2O4. The smallest absolute Gasteiger partial charge is 0.407 e. The van der Waals surface area contributed by atoms with Crippen LogP contribution >= 0.6 is 0 Å². The number of carbonyl (C=O) groups excluding carboxylic acids is 2. The molecule has 0 saturated carbocycles. The SMILES string of the molecule is COCc1ccccc1CNC(=O)CCNC(=O)OC(C)(C)C. The molecule has 0 unspecified atom stereocenters. The highest BCUT2D eigenvalue weighted by atomic mass is 16.6. The van der Waals surface area contributed by atoms with Crippen molar-refractivity contribution >= 4 is 12.0 Å². The van der Waals surface area contributed by atoms with Crippen molar-refractivity contribution in [2.24, 2.45) is 0 Å². The van der Waals surface area contributed by atoms with Gasteiger partial charge >= 0.3 is 6.09 Å². The van der Waals surface area contributed by atoms with Crippen LogP contribution in [0.3, 0.4) is 0 Å². The van der Waals surface area contributed by atoms with Gasteiger partial charge in [-0.05, 0) is 31.9 Å². The van der Waals surface area contributed by atoms with Gasteiger partial charge in [-0.25, -0.2) is 4.79 Å². The maximum atomic E-state index is 11.8. The Morgan fingerprint density at radius 2 is 1.74 bits per heavy atom. The van der Waals surface area contributed by atoms with Crippen molar-refractivity contribution < 1.29 is 19.1 Å². The van der Waals surface area contributed by atoms with Crippen LogP contribution in [0.4, 0.5) is 4.79 Å². The van der Waals surface area contributed by atoms with E-state index in [4.69, 9.17) is 9.47 Å². The molecule has 6 heteroatoms. The van der Waals surface area contributed by atoms with Crippen molar-refractivity contribution in [2.45, 2.75) is 45.9 Å². The van der Waals surface area contributed by atoms with Crippen molar-refractivity contribution in [3.8, 4) is 0 Å². The highest BCUT2D eigenvalue weighted by molar-refractivity contribution is 5.77. The fourth-order valence-corrected chi connectivity index (χ4v) is 1.90. The summed E-state index contributed by atoms with van der Waals surface area (Å²) in [6, 6.07) is 7.78. The number of carbonyl (C=O) groups is 2. The number of ether oxygens (including phenoxy) is 2. The van der Waals surface area contributed by atoms with Crippen LogP contribution in [0.25, 0.3) is 0 Å². The van der Waals surface area contributed by atoms with Crippen LogP contribution in [0.1, 0.15) is 38.3 Å². The van der Waals surface area contributed by atoms with Gasteiger partial charge in [0, 0.05) is 26.6 Å². The van der Waals surface area contributed by atoms with E-state index in [1.807, 2.05) is 24.3 Å². The van der Waals surface area contributed by atoms with Crippen molar-refractivity contribution in [3.63, 3.8) is 0 Å². The number of methoxy groups -OCH3 is 1. The summed E-state index contributed by atoms with van der Waals surface area (Å²) in [6.45, 7) is 6.54. The van der Waals surface area contributed by atoms with Crippen LogP contribution in [0.5, 0.6) is 0 Å². The van der Waals surface area contributed by atoms with E-state index < -0.39 is 11.7 Å². The largest absolute Gasteiger partial charge is 0.444 e. The lowest BCUT2D eigenvalue weighted by Crippen LogP contribution is -2.35. The number of hydrogen-bond donors (Lipinski definition) is 2. The van der Waals surface area contributed by atoms with E-state index >= 15 is 0 Å². The zero-order chi connectivity index (χ0) is 17.3. The molecule has 0 aliphatic heterocycles. The molecule has 0 aliphatic rings. The van der Waals surface area contributed by atoms with E-state index in [-0.39, 0.29) is 18.9 Å². The van der Waals surface area contributed by atoms with E-state index in [1.165, 1.54) is 0 Å². The van der Waals surface area contributed by atoms with Gasteiger partial charge in [-0.1, -0.05) is 24.3 Å². The molecule has 128 valence electrons. The predicted octanol–water partition coefficient (Wildman–Crippen LogP) is 2.36. The van der Waals surface area contributed by atoms with Crippen LogP contribution in [-0.2, 0) is 27.4 Å². The summed E-state index contributed by atoms with van der Waals surface area (Å²) < 4.78 is 10.2. The summed E-state index contributed by atoms with van der Waals surface area (Å²) in [5.74, 6) is -0.131. The van der Waals surface area contributed by atoms with Crippen LogP contribution in [0.15, 0.2) is 24.3 Å². The number of amides is 2. The molecule has 0 aromatic heterocycles. The molecule has 2 N–H and O–H groups in total. The molecule has 0 atom stereocenters. The lowest BCUT2D eigenvalue weighted by Gasteiger charge is -2.19. The van der Waals surface area contributed by atoms with Gasteiger partial charge in [0.25, 0.3) is 0 Å². The monoisotopic (exact) mass is 322 g/mol. The van der Waals surface area contributed by atoms with Gasteiger partial charge in [0.1, 0.15) is 5.60 Å². The molecule has 0 bridgehead atoms. The zero-order valence-corrected chi connectivity index (χ0v) is 14.3. The molecule has 6 nitrogen and oxygen atoms in total. The first kappa shape index (κ1) is 19.0. The topological polar surface area (TPSA) is 76.7 Å². The average Bonchev–Trinajstić information content (AvgIpc) is 2.45. The summed E-state index contributed by atoms with van der Waals surface area (Å²) in [7, 11) is 1.64. The summed E-state index contributed by atoms with van der Waals surface area (Å²) in [5.41, 5.74) is 1.52. The van der Waals surface area contributed by atoms with E-state index in [0.29, 0.717) is 13.2 Å². The van der Waals surface area contributed by atoms with Gasteiger partial charge in [-0.2, -0.15) is 0 Å². The Kier molecular flexibility index (Phi) is 7.54. The third-order valence-corrected chi connectivity index (χ3v) is 2.91. The Balaban J connectivity index is 2.31. The fourth-order valence-electron chi connectivity index (χ4n) is 1.90. The second-order valence-corrected chi connectivity index (χ2v) is 6.16. The Morgan fingerprint density at radius 1 is 1.09 bits per heavy atom. The predicted molar refractivity (Wildman–Crippen MR) is 87.9 cm³/mol. The standard InChI is InChI=1S/C17H26N2O4/c1-17(2,3)23-16(21)18-10-9-15(20)19-11-13-7-5-6-8-14(13)12-22-4/h5-8H,9-12H2,1-4H3,(H,18,21)(H,19,20). The van der Waals surface area contributed by atoms with Gasteiger partial charge in [0.2, 0.25) is 5.91 Å².